The molecule has 178 valence electrons. The van der Waals surface area contributed by atoms with Crippen LogP contribution in [0, 0.1) is 17.2 Å². The Morgan fingerprint density at radius 3 is 2.67 bits per heavy atom. The SMILES string of the molecule is COc1ccc(F)cc1-c1cccc(CC2(C(=O)NCC3CCN(C)CC3)CCOCC2)c1. The van der Waals surface area contributed by atoms with Gasteiger partial charge in [0.25, 0.3) is 0 Å². The lowest BCUT2D eigenvalue weighted by Crippen LogP contribution is -2.48. The van der Waals surface area contributed by atoms with Gasteiger partial charge in [-0.25, -0.2) is 4.39 Å². The maximum atomic E-state index is 13.9. The third-order valence-corrected chi connectivity index (χ3v) is 7.26. The molecule has 2 aliphatic rings. The molecule has 2 fully saturated rings. The van der Waals surface area contributed by atoms with E-state index in [1.54, 1.807) is 13.2 Å². The number of amides is 1. The van der Waals surface area contributed by atoms with Gasteiger partial charge in [-0.3, -0.25) is 4.79 Å². The topological polar surface area (TPSA) is 50.8 Å². The molecule has 2 saturated heterocycles. The Morgan fingerprint density at radius 2 is 1.94 bits per heavy atom. The van der Waals surface area contributed by atoms with E-state index in [2.05, 4.69) is 29.4 Å². The number of likely N-dealkylation sites (tertiary alicyclic amines) is 1. The van der Waals surface area contributed by atoms with Gasteiger partial charge >= 0.3 is 0 Å². The third-order valence-electron chi connectivity index (χ3n) is 7.26. The average Bonchev–Trinajstić information content (AvgIpc) is 2.84. The molecule has 2 aromatic rings. The maximum Gasteiger partial charge on any atom is 0.226 e. The first-order valence-corrected chi connectivity index (χ1v) is 12.0. The average molecular weight is 455 g/mol. The summed E-state index contributed by atoms with van der Waals surface area (Å²) in [5.41, 5.74) is 2.19. The fraction of sp³-hybridized carbons (Fsp3) is 0.519. The fourth-order valence-corrected chi connectivity index (χ4v) is 5.08. The quantitative estimate of drug-likeness (QED) is 0.678. The number of methoxy groups -OCH3 is 1. The van der Waals surface area contributed by atoms with Crippen molar-refractivity contribution in [2.45, 2.75) is 32.1 Å². The number of rotatable bonds is 7. The number of benzene rings is 2. The number of hydrogen-bond acceptors (Lipinski definition) is 4. The van der Waals surface area contributed by atoms with Crippen LogP contribution < -0.4 is 10.1 Å². The van der Waals surface area contributed by atoms with Gasteiger partial charge in [0.2, 0.25) is 5.91 Å². The Morgan fingerprint density at radius 1 is 1.18 bits per heavy atom. The van der Waals surface area contributed by atoms with Crippen LogP contribution in [0.15, 0.2) is 42.5 Å². The van der Waals surface area contributed by atoms with Crippen molar-refractivity contribution in [3.63, 3.8) is 0 Å². The van der Waals surface area contributed by atoms with Gasteiger partial charge in [-0.15, -0.1) is 0 Å². The lowest BCUT2D eigenvalue weighted by molar-refractivity contribution is -0.137. The molecular weight excluding hydrogens is 419 g/mol. The summed E-state index contributed by atoms with van der Waals surface area (Å²) in [5.74, 6) is 1.01. The van der Waals surface area contributed by atoms with Crippen molar-refractivity contribution >= 4 is 5.91 Å². The highest BCUT2D eigenvalue weighted by atomic mass is 19.1. The molecule has 2 heterocycles. The number of nitrogens with zero attached hydrogens (tertiary/aromatic N) is 1. The first kappa shape index (κ1) is 23.7. The summed E-state index contributed by atoms with van der Waals surface area (Å²) in [6.45, 7) is 4.12. The second-order valence-corrected chi connectivity index (χ2v) is 9.57. The highest BCUT2D eigenvalue weighted by Crippen LogP contribution is 2.37. The first-order valence-electron chi connectivity index (χ1n) is 12.0. The number of carbonyl (C=O) groups is 1. The van der Waals surface area contributed by atoms with Crippen LogP contribution in [0.1, 0.15) is 31.2 Å². The molecule has 4 rings (SSSR count). The minimum Gasteiger partial charge on any atom is -0.496 e. The van der Waals surface area contributed by atoms with Gasteiger partial charge in [0.15, 0.2) is 0 Å². The van der Waals surface area contributed by atoms with Crippen molar-refractivity contribution in [2.24, 2.45) is 11.3 Å². The van der Waals surface area contributed by atoms with E-state index >= 15 is 0 Å². The number of nitrogens with one attached hydrogen (secondary N) is 1. The van der Waals surface area contributed by atoms with Crippen LogP contribution in [-0.2, 0) is 16.0 Å². The molecule has 2 aromatic carbocycles. The standard InChI is InChI=1S/C27H35FN2O3/c1-30-12-8-20(9-13-30)19-29-26(31)27(10-14-33-15-11-27)18-21-4-3-5-22(16-21)24-17-23(28)6-7-25(24)32-2/h3-7,16-17,20H,8-15,18-19H2,1-2H3,(H,29,31). The minimum absolute atomic E-state index is 0.137. The zero-order valence-corrected chi connectivity index (χ0v) is 19.7. The van der Waals surface area contributed by atoms with Crippen LogP contribution in [0.25, 0.3) is 11.1 Å². The normalized spacial score (nSPS) is 19.2. The van der Waals surface area contributed by atoms with Gasteiger partial charge in [0.05, 0.1) is 12.5 Å². The summed E-state index contributed by atoms with van der Waals surface area (Å²) in [4.78, 5) is 15.8. The molecule has 0 radical (unpaired) electrons. The number of hydrogen-bond donors (Lipinski definition) is 1. The van der Waals surface area contributed by atoms with Crippen molar-refractivity contribution in [3.8, 4) is 16.9 Å². The van der Waals surface area contributed by atoms with E-state index in [9.17, 15) is 9.18 Å². The van der Waals surface area contributed by atoms with Gasteiger partial charge in [-0.05, 0) is 87.5 Å². The monoisotopic (exact) mass is 454 g/mol. The van der Waals surface area contributed by atoms with Gasteiger partial charge in [-0.1, -0.05) is 24.3 Å². The Hall–Kier alpha value is -2.44. The molecule has 0 aliphatic carbocycles. The van der Waals surface area contributed by atoms with Crippen LogP contribution >= 0.6 is 0 Å². The molecule has 0 atom stereocenters. The summed E-state index contributed by atoms with van der Waals surface area (Å²) < 4.78 is 25.0. The van der Waals surface area contributed by atoms with Gasteiger partial charge < -0.3 is 19.7 Å². The Balaban J connectivity index is 1.51. The molecule has 0 aromatic heterocycles. The highest BCUT2D eigenvalue weighted by Gasteiger charge is 2.40. The predicted octanol–water partition coefficient (Wildman–Crippen LogP) is 4.30. The third kappa shape index (κ3) is 5.74. The highest BCUT2D eigenvalue weighted by molar-refractivity contribution is 5.83. The van der Waals surface area contributed by atoms with Crippen molar-refractivity contribution < 1.29 is 18.7 Å². The molecule has 2 aliphatic heterocycles. The largest absolute Gasteiger partial charge is 0.496 e. The van der Waals surface area contributed by atoms with Crippen molar-refractivity contribution in [3.05, 3.63) is 53.8 Å². The maximum absolute atomic E-state index is 13.9. The zero-order valence-electron chi connectivity index (χ0n) is 19.7. The van der Waals surface area contributed by atoms with Crippen molar-refractivity contribution in [1.29, 1.82) is 0 Å². The number of ether oxygens (including phenoxy) is 2. The molecular formula is C27H35FN2O3. The van der Waals surface area contributed by atoms with E-state index in [-0.39, 0.29) is 11.7 Å². The molecule has 5 nitrogen and oxygen atoms in total. The second-order valence-electron chi connectivity index (χ2n) is 9.57. The van der Waals surface area contributed by atoms with E-state index < -0.39 is 5.41 Å². The number of halogens is 1. The molecule has 33 heavy (non-hydrogen) atoms. The Bertz CT molecular complexity index is 950. The number of carbonyl (C=O) groups excluding carboxylic acids is 1. The lowest BCUT2D eigenvalue weighted by Gasteiger charge is -2.37. The smallest absolute Gasteiger partial charge is 0.226 e. The molecule has 0 bridgehead atoms. The molecule has 0 spiro atoms. The minimum atomic E-state index is -0.478. The van der Waals surface area contributed by atoms with Gasteiger partial charge in [0.1, 0.15) is 11.6 Å². The van der Waals surface area contributed by atoms with Gasteiger partial charge in [-0.2, -0.15) is 0 Å². The molecule has 6 heteroatoms. The van der Waals surface area contributed by atoms with Crippen molar-refractivity contribution in [2.75, 3.05) is 47.0 Å². The van der Waals surface area contributed by atoms with E-state index in [4.69, 9.17) is 9.47 Å². The summed E-state index contributed by atoms with van der Waals surface area (Å²) in [5, 5.41) is 3.29. The van der Waals surface area contributed by atoms with Crippen LogP contribution in [0.3, 0.4) is 0 Å². The van der Waals surface area contributed by atoms with E-state index in [1.807, 2.05) is 12.1 Å². The first-order chi connectivity index (χ1) is 16.0. The summed E-state index contributed by atoms with van der Waals surface area (Å²) >= 11 is 0. The second kappa shape index (κ2) is 10.7. The van der Waals surface area contributed by atoms with Crippen LogP contribution in [0.5, 0.6) is 5.75 Å². The van der Waals surface area contributed by atoms with E-state index in [0.29, 0.717) is 49.7 Å². The lowest BCUT2D eigenvalue weighted by atomic mass is 9.74. The fourth-order valence-electron chi connectivity index (χ4n) is 5.08. The van der Waals surface area contributed by atoms with Crippen LogP contribution in [0.4, 0.5) is 4.39 Å². The molecule has 1 amide bonds. The van der Waals surface area contributed by atoms with Crippen LogP contribution in [-0.4, -0.2) is 57.8 Å². The Kier molecular flexibility index (Phi) is 7.66. The van der Waals surface area contributed by atoms with Gasteiger partial charge in [0, 0.05) is 25.3 Å². The molecule has 1 N–H and O–H groups in total. The van der Waals surface area contributed by atoms with Crippen LogP contribution in [0.2, 0.25) is 0 Å². The number of piperidine rings is 1. The zero-order chi connectivity index (χ0) is 23.3. The molecule has 0 unspecified atom stereocenters. The summed E-state index contributed by atoms with van der Waals surface area (Å²) in [7, 11) is 3.74. The van der Waals surface area contributed by atoms with E-state index in [1.165, 1.54) is 12.1 Å². The summed E-state index contributed by atoms with van der Waals surface area (Å²) in [6, 6.07) is 12.6. The van der Waals surface area contributed by atoms with E-state index in [0.717, 1.165) is 43.6 Å². The van der Waals surface area contributed by atoms with Crippen molar-refractivity contribution in [1.82, 2.24) is 10.2 Å². The summed E-state index contributed by atoms with van der Waals surface area (Å²) in [6.07, 6.45) is 4.31. The predicted molar refractivity (Wildman–Crippen MR) is 128 cm³/mol. The Labute approximate surface area is 196 Å². The molecule has 0 saturated carbocycles.